The molecule has 0 aliphatic heterocycles. The second-order valence-corrected chi connectivity index (χ2v) is 5.78. The van der Waals surface area contributed by atoms with Crippen LogP contribution in [0.25, 0.3) is 10.9 Å². The lowest BCUT2D eigenvalue weighted by Crippen LogP contribution is -2.15. The van der Waals surface area contributed by atoms with Gasteiger partial charge in [0.15, 0.2) is 0 Å². The molecule has 0 atom stereocenters. The van der Waals surface area contributed by atoms with Crippen LogP contribution >= 0.6 is 11.6 Å². The van der Waals surface area contributed by atoms with E-state index in [9.17, 15) is 4.79 Å². The number of ether oxygens (including phenoxy) is 1. The van der Waals surface area contributed by atoms with Crippen LogP contribution in [0.5, 0.6) is 5.75 Å². The number of fused-ring (bicyclic) bond motifs is 1. The summed E-state index contributed by atoms with van der Waals surface area (Å²) in [5, 5.41) is 4.48. The van der Waals surface area contributed by atoms with E-state index in [1.807, 2.05) is 31.2 Å². The molecule has 5 heteroatoms. The number of carbonyl (C=O) groups is 1. The Morgan fingerprint density at radius 3 is 2.83 bits per heavy atom. The predicted molar refractivity (Wildman–Crippen MR) is 93.4 cm³/mol. The van der Waals surface area contributed by atoms with Gasteiger partial charge < -0.3 is 15.0 Å². The molecule has 23 heavy (non-hydrogen) atoms. The first-order valence-corrected chi connectivity index (χ1v) is 7.66. The maximum absolute atomic E-state index is 12.4. The number of nitrogens with one attached hydrogen (secondary N) is 2. The summed E-state index contributed by atoms with van der Waals surface area (Å²) in [6.07, 6.45) is 0.283. The first kappa shape index (κ1) is 15.4. The molecule has 4 nitrogen and oxygen atoms in total. The van der Waals surface area contributed by atoms with Crippen molar-refractivity contribution in [2.45, 2.75) is 13.3 Å². The molecule has 2 N–H and O–H groups in total. The zero-order valence-corrected chi connectivity index (χ0v) is 13.7. The van der Waals surface area contributed by atoms with Gasteiger partial charge in [-0.1, -0.05) is 29.8 Å². The lowest BCUT2D eigenvalue weighted by molar-refractivity contribution is -0.115. The molecule has 0 fully saturated rings. The summed E-state index contributed by atoms with van der Waals surface area (Å²) in [5.74, 6) is 0.469. The van der Waals surface area contributed by atoms with Crippen LogP contribution in [0.3, 0.4) is 0 Å². The summed E-state index contributed by atoms with van der Waals surface area (Å²) in [6.45, 7) is 1.97. The van der Waals surface area contributed by atoms with Crippen LogP contribution in [0.2, 0.25) is 5.02 Å². The first-order valence-electron chi connectivity index (χ1n) is 7.28. The molecule has 0 radical (unpaired) electrons. The number of halogens is 1. The van der Waals surface area contributed by atoms with Crippen LogP contribution in [-0.2, 0) is 11.2 Å². The normalized spacial score (nSPS) is 10.7. The predicted octanol–water partition coefficient (Wildman–Crippen LogP) is 4.32. The molecule has 118 valence electrons. The summed E-state index contributed by atoms with van der Waals surface area (Å²) in [6, 6.07) is 13.1. The van der Waals surface area contributed by atoms with Gasteiger partial charge in [-0.2, -0.15) is 0 Å². The van der Waals surface area contributed by atoms with E-state index in [1.165, 1.54) is 0 Å². The van der Waals surface area contributed by atoms with E-state index in [0.29, 0.717) is 16.5 Å². The Morgan fingerprint density at radius 2 is 2.04 bits per heavy atom. The van der Waals surface area contributed by atoms with Crippen molar-refractivity contribution in [2.24, 2.45) is 0 Å². The molecule has 0 saturated carbocycles. The highest BCUT2D eigenvalue weighted by atomic mass is 35.5. The fourth-order valence-electron chi connectivity index (χ4n) is 2.70. The summed E-state index contributed by atoms with van der Waals surface area (Å²) in [4.78, 5) is 15.7. The summed E-state index contributed by atoms with van der Waals surface area (Å²) in [5.41, 5.74) is 3.61. The van der Waals surface area contributed by atoms with Crippen LogP contribution in [0.1, 0.15) is 11.3 Å². The number of carbonyl (C=O) groups excluding carboxylic acids is 1. The Kier molecular flexibility index (Phi) is 4.26. The third-order valence-electron chi connectivity index (χ3n) is 3.80. The molecular formula is C18H17ClN2O2. The number of aryl methyl sites for hydroxylation is 1. The van der Waals surface area contributed by atoms with E-state index in [1.54, 1.807) is 25.3 Å². The van der Waals surface area contributed by atoms with Gasteiger partial charge in [0.25, 0.3) is 0 Å². The van der Waals surface area contributed by atoms with Gasteiger partial charge in [0.05, 0.1) is 19.2 Å². The molecule has 2 aromatic carbocycles. The quantitative estimate of drug-likeness (QED) is 0.749. The molecule has 0 unspecified atom stereocenters. The van der Waals surface area contributed by atoms with Crippen LogP contribution < -0.4 is 10.1 Å². The Labute approximate surface area is 139 Å². The van der Waals surface area contributed by atoms with Crippen LogP contribution in [0.4, 0.5) is 5.69 Å². The van der Waals surface area contributed by atoms with Crippen molar-refractivity contribution in [3.05, 3.63) is 58.7 Å². The third-order valence-corrected chi connectivity index (χ3v) is 4.04. The minimum absolute atomic E-state index is 0.113. The van der Waals surface area contributed by atoms with Gasteiger partial charge in [-0.25, -0.2) is 0 Å². The number of H-pyrrole nitrogens is 1. The maximum atomic E-state index is 12.4. The van der Waals surface area contributed by atoms with Crippen molar-refractivity contribution >= 4 is 34.1 Å². The number of para-hydroxylation sites is 1. The van der Waals surface area contributed by atoms with Crippen LogP contribution in [-0.4, -0.2) is 18.0 Å². The van der Waals surface area contributed by atoms with Crippen LogP contribution in [0, 0.1) is 6.92 Å². The molecule has 3 aromatic rings. The number of amides is 1. The molecule has 0 aliphatic carbocycles. The van der Waals surface area contributed by atoms with E-state index < -0.39 is 0 Å². The highest BCUT2D eigenvalue weighted by Gasteiger charge is 2.14. The molecule has 0 spiro atoms. The van der Waals surface area contributed by atoms with Gasteiger partial charge in [0.1, 0.15) is 5.75 Å². The average Bonchev–Trinajstić information content (AvgIpc) is 2.83. The smallest absolute Gasteiger partial charge is 0.228 e. The number of hydrogen-bond acceptors (Lipinski definition) is 2. The first-order chi connectivity index (χ1) is 11.1. The van der Waals surface area contributed by atoms with E-state index in [2.05, 4.69) is 10.3 Å². The van der Waals surface area contributed by atoms with Crippen molar-refractivity contribution in [1.29, 1.82) is 0 Å². The second kappa shape index (κ2) is 6.34. The van der Waals surface area contributed by atoms with Gasteiger partial charge in [0.2, 0.25) is 5.91 Å². The third kappa shape index (κ3) is 3.17. The molecular weight excluding hydrogens is 312 g/mol. The largest absolute Gasteiger partial charge is 0.495 e. The molecule has 0 saturated heterocycles. The average molecular weight is 329 g/mol. The fourth-order valence-corrected chi connectivity index (χ4v) is 2.87. The van der Waals surface area contributed by atoms with Crippen molar-refractivity contribution < 1.29 is 9.53 Å². The number of rotatable bonds is 4. The SMILES string of the molecule is COc1ccc(Cl)cc1NC(=O)Cc1c(C)[nH]c2ccccc12. The van der Waals surface area contributed by atoms with Gasteiger partial charge in [-0.15, -0.1) is 0 Å². The minimum atomic E-state index is -0.113. The molecule has 1 aromatic heterocycles. The number of aromatic amines is 1. The molecule has 0 aliphatic rings. The number of hydrogen-bond donors (Lipinski definition) is 2. The topological polar surface area (TPSA) is 54.1 Å². The van der Waals surface area contributed by atoms with Crippen molar-refractivity contribution in [2.75, 3.05) is 12.4 Å². The van der Waals surface area contributed by atoms with Crippen molar-refractivity contribution in [1.82, 2.24) is 4.98 Å². The zero-order valence-electron chi connectivity index (χ0n) is 12.9. The lowest BCUT2D eigenvalue weighted by Gasteiger charge is -2.10. The standard InChI is InChI=1S/C18H17ClN2O2/c1-11-14(13-5-3-4-6-15(13)20-11)10-18(22)21-16-9-12(19)7-8-17(16)23-2/h3-9,20H,10H2,1-2H3,(H,21,22). The molecule has 1 heterocycles. The highest BCUT2D eigenvalue weighted by Crippen LogP contribution is 2.28. The van der Waals surface area contributed by atoms with Crippen LogP contribution in [0.15, 0.2) is 42.5 Å². The fraction of sp³-hybridized carbons (Fsp3) is 0.167. The van der Waals surface area contributed by atoms with E-state index in [0.717, 1.165) is 22.2 Å². The highest BCUT2D eigenvalue weighted by molar-refractivity contribution is 6.31. The van der Waals surface area contributed by atoms with Gasteiger partial charge >= 0.3 is 0 Å². The summed E-state index contributed by atoms with van der Waals surface area (Å²) in [7, 11) is 1.56. The second-order valence-electron chi connectivity index (χ2n) is 5.34. The van der Waals surface area contributed by atoms with Gasteiger partial charge in [-0.3, -0.25) is 4.79 Å². The van der Waals surface area contributed by atoms with Gasteiger partial charge in [0, 0.05) is 21.6 Å². The minimum Gasteiger partial charge on any atom is -0.495 e. The monoisotopic (exact) mass is 328 g/mol. The Morgan fingerprint density at radius 1 is 1.26 bits per heavy atom. The van der Waals surface area contributed by atoms with Gasteiger partial charge in [-0.05, 0) is 36.8 Å². The number of anilines is 1. The number of benzene rings is 2. The zero-order chi connectivity index (χ0) is 16.4. The lowest BCUT2D eigenvalue weighted by atomic mass is 10.1. The molecule has 3 rings (SSSR count). The van der Waals surface area contributed by atoms with Crippen molar-refractivity contribution in [3.63, 3.8) is 0 Å². The molecule has 0 bridgehead atoms. The van der Waals surface area contributed by atoms with E-state index >= 15 is 0 Å². The Bertz CT molecular complexity index is 871. The van der Waals surface area contributed by atoms with Crippen molar-refractivity contribution in [3.8, 4) is 5.75 Å². The number of methoxy groups -OCH3 is 1. The Hall–Kier alpha value is -2.46. The molecule has 1 amide bonds. The van der Waals surface area contributed by atoms with E-state index in [4.69, 9.17) is 16.3 Å². The summed E-state index contributed by atoms with van der Waals surface area (Å²) < 4.78 is 5.25. The maximum Gasteiger partial charge on any atom is 0.228 e. The van der Waals surface area contributed by atoms with E-state index in [-0.39, 0.29) is 12.3 Å². The summed E-state index contributed by atoms with van der Waals surface area (Å²) >= 11 is 5.99. The Balaban J connectivity index is 1.84. The number of aromatic nitrogens is 1.